The SMILES string of the molecule is Cc1nn(C)cc1C(C)Nc1cc(C(F)(F)F)ccc1Cl. The topological polar surface area (TPSA) is 29.9 Å². The number of nitrogens with one attached hydrogen (secondary N) is 1. The Kier molecular flexibility index (Phi) is 4.18. The van der Waals surface area contributed by atoms with Crippen LogP contribution in [-0.2, 0) is 13.2 Å². The highest BCUT2D eigenvalue weighted by molar-refractivity contribution is 6.33. The Morgan fingerprint density at radius 2 is 2.00 bits per heavy atom. The maximum atomic E-state index is 12.7. The van der Waals surface area contributed by atoms with Crippen LogP contribution in [0.4, 0.5) is 18.9 Å². The molecule has 1 aromatic heterocycles. The molecule has 3 nitrogen and oxygen atoms in total. The van der Waals surface area contributed by atoms with Crippen molar-refractivity contribution >= 4 is 17.3 Å². The minimum absolute atomic E-state index is 0.209. The van der Waals surface area contributed by atoms with Crippen LogP contribution in [0.25, 0.3) is 0 Å². The Hall–Kier alpha value is -1.69. The van der Waals surface area contributed by atoms with Crippen molar-refractivity contribution in [2.75, 3.05) is 5.32 Å². The molecule has 0 bridgehead atoms. The van der Waals surface area contributed by atoms with Crippen LogP contribution in [0, 0.1) is 6.92 Å². The summed E-state index contributed by atoms with van der Waals surface area (Å²) in [6, 6.07) is 3.02. The average Bonchev–Trinajstić information content (AvgIpc) is 2.70. The van der Waals surface area contributed by atoms with E-state index in [-0.39, 0.29) is 16.8 Å². The second-order valence-corrected chi connectivity index (χ2v) is 5.31. The van der Waals surface area contributed by atoms with Crippen molar-refractivity contribution in [2.45, 2.75) is 26.1 Å². The molecule has 1 heterocycles. The predicted molar refractivity (Wildman–Crippen MR) is 76.4 cm³/mol. The number of alkyl halides is 3. The molecule has 1 unspecified atom stereocenters. The molecular formula is C14H15ClF3N3. The lowest BCUT2D eigenvalue weighted by atomic mass is 10.1. The van der Waals surface area contributed by atoms with Gasteiger partial charge in [0.15, 0.2) is 0 Å². The van der Waals surface area contributed by atoms with Crippen LogP contribution in [0.5, 0.6) is 0 Å². The molecule has 114 valence electrons. The summed E-state index contributed by atoms with van der Waals surface area (Å²) in [5, 5.41) is 7.47. The molecule has 1 aromatic carbocycles. The molecule has 1 N–H and O–H groups in total. The fourth-order valence-corrected chi connectivity index (χ4v) is 2.34. The van der Waals surface area contributed by atoms with E-state index < -0.39 is 11.7 Å². The maximum Gasteiger partial charge on any atom is 0.416 e. The van der Waals surface area contributed by atoms with Gasteiger partial charge in [0.2, 0.25) is 0 Å². The van der Waals surface area contributed by atoms with Gasteiger partial charge < -0.3 is 5.32 Å². The summed E-state index contributed by atoms with van der Waals surface area (Å²) >= 11 is 5.97. The van der Waals surface area contributed by atoms with Crippen molar-refractivity contribution in [1.29, 1.82) is 0 Å². The van der Waals surface area contributed by atoms with E-state index in [1.165, 1.54) is 6.07 Å². The van der Waals surface area contributed by atoms with Crippen LogP contribution in [0.3, 0.4) is 0 Å². The normalized spacial score (nSPS) is 13.3. The Bertz CT molecular complexity index is 649. The van der Waals surface area contributed by atoms with E-state index >= 15 is 0 Å². The standard InChI is InChI=1S/C14H15ClF3N3/c1-8(11-7-21(3)20-9(11)2)19-13-6-10(14(16,17)18)4-5-12(13)15/h4-8,19H,1-3H3. The van der Waals surface area contributed by atoms with Gasteiger partial charge in [-0.15, -0.1) is 0 Å². The van der Waals surface area contributed by atoms with E-state index in [9.17, 15) is 13.2 Å². The van der Waals surface area contributed by atoms with Gasteiger partial charge in [0.1, 0.15) is 0 Å². The molecule has 2 rings (SSSR count). The number of hydrogen-bond acceptors (Lipinski definition) is 2. The largest absolute Gasteiger partial charge is 0.416 e. The van der Waals surface area contributed by atoms with Gasteiger partial charge in [-0.05, 0) is 32.0 Å². The van der Waals surface area contributed by atoms with Crippen molar-refractivity contribution in [2.24, 2.45) is 7.05 Å². The number of aryl methyl sites for hydroxylation is 2. The second kappa shape index (κ2) is 5.60. The van der Waals surface area contributed by atoms with Gasteiger partial charge in [-0.1, -0.05) is 11.6 Å². The Morgan fingerprint density at radius 1 is 1.33 bits per heavy atom. The summed E-state index contributed by atoms with van der Waals surface area (Å²) in [5.41, 5.74) is 1.25. The third kappa shape index (κ3) is 3.50. The number of nitrogens with zero attached hydrogens (tertiary/aromatic N) is 2. The number of rotatable bonds is 3. The molecule has 21 heavy (non-hydrogen) atoms. The highest BCUT2D eigenvalue weighted by atomic mass is 35.5. The van der Waals surface area contributed by atoms with E-state index in [1.54, 1.807) is 11.7 Å². The quantitative estimate of drug-likeness (QED) is 0.898. The molecule has 0 aliphatic heterocycles. The van der Waals surface area contributed by atoms with Gasteiger partial charge in [0.25, 0.3) is 0 Å². The van der Waals surface area contributed by atoms with E-state index in [2.05, 4.69) is 10.4 Å². The Balaban J connectivity index is 2.28. The molecule has 0 saturated carbocycles. The van der Waals surface area contributed by atoms with E-state index in [0.717, 1.165) is 23.4 Å². The number of anilines is 1. The van der Waals surface area contributed by atoms with Gasteiger partial charge in [0, 0.05) is 18.8 Å². The predicted octanol–water partition coefficient (Wildman–Crippen LogP) is 4.57. The lowest BCUT2D eigenvalue weighted by Crippen LogP contribution is -2.10. The van der Waals surface area contributed by atoms with Gasteiger partial charge in [-0.2, -0.15) is 18.3 Å². The molecule has 0 fully saturated rings. The number of benzene rings is 1. The second-order valence-electron chi connectivity index (χ2n) is 4.90. The molecule has 2 aromatic rings. The fourth-order valence-electron chi connectivity index (χ4n) is 2.17. The molecule has 0 saturated heterocycles. The molecule has 7 heteroatoms. The zero-order valence-corrected chi connectivity index (χ0v) is 12.5. The van der Waals surface area contributed by atoms with Crippen molar-refractivity contribution in [3.05, 3.63) is 46.2 Å². The summed E-state index contributed by atoms with van der Waals surface area (Å²) in [4.78, 5) is 0. The third-order valence-corrected chi connectivity index (χ3v) is 3.51. The van der Waals surface area contributed by atoms with Crippen molar-refractivity contribution < 1.29 is 13.2 Å². The Labute approximate surface area is 125 Å². The minimum atomic E-state index is -4.39. The lowest BCUT2D eigenvalue weighted by molar-refractivity contribution is -0.137. The molecule has 0 aliphatic rings. The number of halogens is 4. The smallest absolute Gasteiger partial charge is 0.377 e. The van der Waals surface area contributed by atoms with Crippen molar-refractivity contribution in [3.8, 4) is 0 Å². The van der Waals surface area contributed by atoms with E-state index in [1.807, 2.05) is 20.0 Å². The first kappa shape index (κ1) is 15.7. The van der Waals surface area contributed by atoms with Crippen molar-refractivity contribution in [1.82, 2.24) is 9.78 Å². The van der Waals surface area contributed by atoms with Gasteiger partial charge in [-0.3, -0.25) is 4.68 Å². The van der Waals surface area contributed by atoms with E-state index in [4.69, 9.17) is 11.6 Å². The Morgan fingerprint density at radius 3 is 2.52 bits per heavy atom. The molecule has 1 atom stereocenters. The summed E-state index contributed by atoms with van der Waals surface area (Å²) in [7, 11) is 1.79. The highest BCUT2D eigenvalue weighted by Crippen LogP contribution is 2.35. The van der Waals surface area contributed by atoms with Crippen LogP contribution in [-0.4, -0.2) is 9.78 Å². The zero-order valence-electron chi connectivity index (χ0n) is 11.8. The number of aromatic nitrogens is 2. The van der Waals surface area contributed by atoms with Gasteiger partial charge >= 0.3 is 6.18 Å². The first-order valence-corrected chi connectivity index (χ1v) is 6.69. The van der Waals surface area contributed by atoms with Crippen LogP contribution in [0.1, 0.15) is 29.8 Å². The van der Waals surface area contributed by atoms with Crippen LogP contribution in [0.15, 0.2) is 24.4 Å². The zero-order chi connectivity index (χ0) is 15.8. The lowest BCUT2D eigenvalue weighted by Gasteiger charge is -2.17. The highest BCUT2D eigenvalue weighted by Gasteiger charge is 2.31. The summed E-state index contributed by atoms with van der Waals surface area (Å²) in [6.45, 7) is 3.70. The van der Waals surface area contributed by atoms with Gasteiger partial charge in [-0.25, -0.2) is 0 Å². The summed E-state index contributed by atoms with van der Waals surface area (Å²) in [5.74, 6) is 0. The van der Waals surface area contributed by atoms with Crippen molar-refractivity contribution in [3.63, 3.8) is 0 Å². The molecule has 0 aliphatic carbocycles. The first-order valence-electron chi connectivity index (χ1n) is 6.32. The number of hydrogen-bond donors (Lipinski definition) is 1. The van der Waals surface area contributed by atoms with Crippen LogP contribution < -0.4 is 5.32 Å². The first-order chi connectivity index (χ1) is 9.68. The minimum Gasteiger partial charge on any atom is -0.377 e. The van der Waals surface area contributed by atoms with Crippen LogP contribution >= 0.6 is 11.6 Å². The van der Waals surface area contributed by atoms with E-state index in [0.29, 0.717) is 0 Å². The molecular weight excluding hydrogens is 303 g/mol. The average molecular weight is 318 g/mol. The fraction of sp³-hybridized carbons (Fsp3) is 0.357. The third-order valence-electron chi connectivity index (χ3n) is 3.18. The summed E-state index contributed by atoms with van der Waals surface area (Å²) in [6.07, 6.45) is -2.57. The maximum absolute atomic E-state index is 12.7. The molecule has 0 amide bonds. The monoisotopic (exact) mass is 317 g/mol. The molecule has 0 radical (unpaired) electrons. The molecule has 0 spiro atoms. The summed E-state index contributed by atoms with van der Waals surface area (Å²) < 4.78 is 39.9. The van der Waals surface area contributed by atoms with Crippen LogP contribution in [0.2, 0.25) is 5.02 Å². The van der Waals surface area contributed by atoms with Gasteiger partial charge in [0.05, 0.1) is 28.0 Å².